The van der Waals surface area contributed by atoms with Crippen molar-refractivity contribution < 1.29 is 4.74 Å². The third kappa shape index (κ3) is 4.19. The summed E-state index contributed by atoms with van der Waals surface area (Å²) >= 11 is 0. The summed E-state index contributed by atoms with van der Waals surface area (Å²) < 4.78 is 5.45. The largest absolute Gasteiger partial charge is 0.399 e. The quantitative estimate of drug-likeness (QED) is 0.855. The minimum Gasteiger partial charge on any atom is -0.399 e. The zero-order valence-electron chi connectivity index (χ0n) is 12.8. The Kier molecular flexibility index (Phi) is 5.12. The van der Waals surface area contributed by atoms with E-state index in [1.54, 1.807) is 0 Å². The summed E-state index contributed by atoms with van der Waals surface area (Å²) in [5.74, 6) is 0. The molecule has 0 bridgehead atoms. The van der Waals surface area contributed by atoms with Crippen LogP contribution in [0, 0.1) is 0 Å². The van der Waals surface area contributed by atoms with E-state index < -0.39 is 0 Å². The average molecular weight is 289 g/mol. The van der Waals surface area contributed by atoms with E-state index in [1.165, 1.54) is 38.0 Å². The predicted octanol–water partition coefficient (Wildman–Crippen LogP) is 1.61. The lowest BCUT2D eigenvalue weighted by atomic mass is 10.0. The number of nitrogens with two attached hydrogens (primary N) is 1. The standard InChI is InChI=1S/C17H27N3O/c18-16-3-1-15(2-4-16)5-8-19-9-6-17(7-10-19)20-11-13-21-14-12-20/h1-4,17H,5-14,18H2. The molecule has 0 aliphatic carbocycles. The molecule has 21 heavy (non-hydrogen) atoms. The van der Waals surface area contributed by atoms with Crippen molar-refractivity contribution in [2.45, 2.75) is 25.3 Å². The van der Waals surface area contributed by atoms with Crippen molar-refractivity contribution in [1.29, 1.82) is 0 Å². The van der Waals surface area contributed by atoms with E-state index in [4.69, 9.17) is 10.5 Å². The first kappa shape index (κ1) is 14.8. The molecule has 0 atom stereocenters. The molecule has 0 aromatic heterocycles. The van der Waals surface area contributed by atoms with E-state index in [1.807, 2.05) is 12.1 Å². The lowest BCUT2D eigenvalue weighted by Gasteiger charge is -2.40. The smallest absolute Gasteiger partial charge is 0.0594 e. The number of anilines is 1. The van der Waals surface area contributed by atoms with E-state index in [0.29, 0.717) is 0 Å². The fraction of sp³-hybridized carbons (Fsp3) is 0.647. The van der Waals surface area contributed by atoms with Gasteiger partial charge < -0.3 is 15.4 Å². The first-order valence-corrected chi connectivity index (χ1v) is 8.20. The number of piperidine rings is 1. The Hall–Kier alpha value is -1.10. The lowest BCUT2D eigenvalue weighted by molar-refractivity contribution is 0.00101. The van der Waals surface area contributed by atoms with Crippen molar-refractivity contribution in [3.63, 3.8) is 0 Å². The normalized spacial score (nSPS) is 22.5. The van der Waals surface area contributed by atoms with Gasteiger partial charge in [0.05, 0.1) is 13.2 Å². The molecule has 2 aliphatic heterocycles. The Balaban J connectivity index is 1.40. The summed E-state index contributed by atoms with van der Waals surface area (Å²) in [5, 5.41) is 0. The minimum absolute atomic E-state index is 0.779. The second-order valence-corrected chi connectivity index (χ2v) is 6.21. The maximum Gasteiger partial charge on any atom is 0.0594 e. The Morgan fingerprint density at radius 1 is 1.00 bits per heavy atom. The first-order valence-electron chi connectivity index (χ1n) is 8.20. The van der Waals surface area contributed by atoms with Gasteiger partial charge in [-0.25, -0.2) is 0 Å². The summed E-state index contributed by atoms with van der Waals surface area (Å²) in [7, 11) is 0. The molecule has 0 saturated carbocycles. The van der Waals surface area contributed by atoms with Gasteiger partial charge in [0.1, 0.15) is 0 Å². The SMILES string of the molecule is Nc1ccc(CCN2CCC(N3CCOCC3)CC2)cc1. The number of hydrogen-bond donors (Lipinski definition) is 1. The van der Waals surface area contributed by atoms with Crippen molar-refractivity contribution in [3.8, 4) is 0 Å². The summed E-state index contributed by atoms with van der Waals surface area (Å²) in [5.41, 5.74) is 7.97. The van der Waals surface area contributed by atoms with Crippen molar-refractivity contribution >= 4 is 5.69 Å². The number of likely N-dealkylation sites (tertiary alicyclic amines) is 1. The Labute approximate surface area is 127 Å². The van der Waals surface area contributed by atoms with E-state index >= 15 is 0 Å². The molecule has 2 aliphatic rings. The highest BCUT2D eigenvalue weighted by molar-refractivity contribution is 5.39. The number of nitrogens with zero attached hydrogens (tertiary/aromatic N) is 2. The number of hydrogen-bond acceptors (Lipinski definition) is 4. The van der Waals surface area contributed by atoms with Crippen LogP contribution in [0.2, 0.25) is 0 Å². The summed E-state index contributed by atoms with van der Waals surface area (Å²) in [6.07, 6.45) is 3.74. The highest BCUT2D eigenvalue weighted by Gasteiger charge is 2.25. The molecule has 0 unspecified atom stereocenters. The minimum atomic E-state index is 0.779. The van der Waals surface area contributed by atoms with Crippen molar-refractivity contribution in [2.24, 2.45) is 0 Å². The van der Waals surface area contributed by atoms with Crippen LogP contribution in [0.3, 0.4) is 0 Å². The molecular formula is C17H27N3O. The van der Waals surface area contributed by atoms with Crippen molar-refractivity contribution in [1.82, 2.24) is 9.80 Å². The third-order valence-corrected chi connectivity index (χ3v) is 4.82. The van der Waals surface area contributed by atoms with Crippen LogP contribution in [-0.4, -0.2) is 61.8 Å². The van der Waals surface area contributed by atoms with Gasteiger partial charge in [0.15, 0.2) is 0 Å². The molecule has 0 radical (unpaired) electrons. The summed E-state index contributed by atoms with van der Waals surface area (Å²) in [4.78, 5) is 5.23. The molecule has 2 saturated heterocycles. The van der Waals surface area contributed by atoms with Gasteiger partial charge in [-0.1, -0.05) is 12.1 Å². The number of benzene rings is 1. The van der Waals surface area contributed by atoms with Crippen molar-refractivity contribution in [3.05, 3.63) is 29.8 Å². The molecule has 2 N–H and O–H groups in total. The van der Waals surface area contributed by atoms with Crippen LogP contribution >= 0.6 is 0 Å². The molecule has 2 fully saturated rings. The topological polar surface area (TPSA) is 41.7 Å². The highest BCUT2D eigenvalue weighted by Crippen LogP contribution is 2.18. The maximum absolute atomic E-state index is 5.73. The average Bonchev–Trinajstić information content (AvgIpc) is 2.56. The zero-order valence-corrected chi connectivity index (χ0v) is 12.8. The third-order valence-electron chi connectivity index (χ3n) is 4.82. The van der Waals surface area contributed by atoms with Crippen LogP contribution < -0.4 is 5.73 Å². The van der Waals surface area contributed by atoms with Gasteiger partial charge in [-0.2, -0.15) is 0 Å². The number of morpholine rings is 1. The maximum atomic E-state index is 5.73. The molecule has 3 rings (SSSR count). The van der Waals surface area contributed by atoms with E-state index in [9.17, 15) is 0 Å². The first-order chi connectivity index (χ1) is 10.3. The number of rotatable bonds is 4. The summed E-state index contributed by atoms with van der Waals surface area (Å²) in [6.45, 7) is 7.70. The molecule has 2 heterocycles. The van der Waals surface area contributed by atoms with Crippen molar-refractivity contribution in [2.75, 3.05) is 51.7 Å². The second-order valence-electron chi connectivity index (χ2n) is 6.21. The van der Waals surface area contributed by atoms with Crippen LogP contribution in [0.4, 0.5) is 5.69 Å². The van der Waals surface area contributed by atoms with Gasteiger partial charge in [-0.05, 0) is 50.0 Å². The molecule has 0 amide bonds. The van der Waals surface area contributed by atoms with Gasteiger partial charge in [-0.3, -0.25) is 4.90 Å². The molecule has 0 spiro atoms. The monoisotopic (exact) mass is 289 g/mol. The molecule has 4 heteroatoms. The predicted molar refractivity (Wildman–Crippen MR) is 86.4 cm³/mol. The van der Waals surface area contributed by atoms with E-state index in [-0.39, 0.29) is 0 Å². The zero-order chi connectivity index (χ0) is 14.5. The fourth-order valence-electron chi connectivity index (χ4n) is 3.42. The van der Waals surface area contributed by atoms with Crippen LogP contribution in [0.15, 0.2) is 24.3 Å². The van der Waals surface area contributed by atoms with Gasteiger partial charge in [0.2, 0.25) is 0 Å². The Bertz CT molecular complexity index is 420. The van der Waals surface area contributed by atoms with Crippen LogP contribution in [0.5, 0.6) is 0 Å². The fourth-order valence-corrected chi connectivity index (χ4v) is 3.42. The van der Waals surface area contributed by atoms with Crippen LogP contribution in [0.1, 0.15) is 18.4 Å². The number of nitrogen functional groups attached to an aromatic ring is 1. The Morgan fingerprint density at radius 3 is 2.33 bits per heavy atom. The molecule has 4 nitrogen and oxygen atoms in total. The molecule has 1 aromatic rings. The number of ether oxygens (including phenoxy) is 1. The summed E-state index contributed by atoms with van der Waals surface area (Å²) in [6, 6.07) is 9.08. The highest BCUT2D eigenvalue weighted by atomic mass is 16.5. The molecule has 1 aromatic carbocycles. The molecular weight excluding hydrogens is 262 g/mol. The van der Waals surface area contributed by atoms with Gasteiger partial charge in [0.25, 0.3) is 0 Å². The van der Waals surface area contributed by atoms with Crippen LogP contribution in [-0.2, 0) is 11.2 Å². The van der Waals surface area contributed by atoms with E-state index in [2.05, 4.69) is 21.9 Å². The second kappa shape index (κ2) is 7.25. The van der Waals surface area contributed by atoms with Gasteiger partial charge >= 0.3 is 0 Å². The van der Waals surface area contributed by atoms with Crippen LogP contribution in [0.25, 0.3) is 0 Å². The molecule has 116 valence electrons. The van der Waals surface area contributed by atoms with E-state index in [0.717, 1.165) is 44.5 Å². The Morgan fingerprint density at radius 2 is 1.67 bits per heavy atom. The van der Waals surface area contributed by atoms with Gasteiger partial charge in [0, 0.05) is 31.4 Å². The van der Waals surface area contributed by atoms with Gasteiger partial charge in [-0.15, -0.1) is 0 Å². The lowest BCUT2D eigenvalue weighted by Crippen LogP contribution is -2.49.